The molecule has 0 radical (unpaired) electrons. The summed E-state index contributed by atoms with van der Waals surface area (Å²) in [6, 6.07) is 20.0. The van der Waals surface area contributed by atoms with Crippen LogP contribution in [0.5, 0.6) is 0 Å². The lowest BCUT2D eigenvalue weighted by molar-refractivity contribution is -0.659. The van der Waals surface area contributed by atoms with Crippen molar-refractivity contribution in [3.05, 3.63) is 83.7 Å². The minimum atomic E-state index is 0.414. The van der Waals surface area contributed by atoms with Crippen LogP contribution >= 0.6 is 11.3 Å². The summed E-state index contributed by atoms with van der Waals surface area (Å²) in [5.74, 6) is 2.06. The third-order valence-corrected chi connectivity index (χ3v) is 7.75. The Bertz CT molecular complexity index is 1450. The van der Waals surface area contributed by atoms with Gasteiger partial charge < -0.3 is 0 Å². The number of thiophene rings is 1. The standard InChI is InChI=1S/C29H31N2S/c1-18(2)23-17-24-22-13-9-10-14-25(22)32-28(24)26(19(3)4)27(23)31-16-15-30(6)29(31)21-12-8-7-11-20(21)5/h7-19H,1-6H3/q+1. The molecule has 32 heavy (non-hydrogen) atoms. The van der Waals surface area contributed by atoms with E-state index in [1.165, 1.54) is 53.9 Å². The lowest BCUT2D eigenvalue weighted by Gasteiger charge is -2.19. The molecule has 162 valence electrons. The van der Waals surface area contributed by atoms with Crippen LogP contribution in [0.3, 0.4) is 0 Å². The van der Waals surface area contributed by atoms with Gasteiger partial charge in [0.25, 0.3) is 5.82 Å². The fourth-order valence-corrected chi connectivity index (χ4v) is 6.32. The molecule has 0 bridgehead atoms. The molecule has 0 spiro atoms. The largest absolute Gasteiger partial charge is 0.294 e. The maximum atomic E-state index is 2.46. The van der Waals surface area contributed by atoms with Crippen molar-refractivity contribution in [2.45, 2.75) is 46.5 Å². The second kappa shape index (κ2) is 7.90. The Kier molecular flexibility index (Phi) is 5.17. The lowest BCUT2D eigenvalue weighted by Crippen LogP contribution is -2.29. The van der Waals surface area contributed by atoms with Crippen LogP contribution in [0.15, 0.2) is 67.0 Å². The molecular formula is C29H31N2S+. The third kappa shape index (κ3) is 3.18. The van der Waals surface area contributed by atoms with Crippen LogP contribution in [0.2, 0.25) is 0 Å². The highest BCUT2D eigenvalue weighted by Crippen LogP contribution is 2.45. The van der Waals surface area contributed by atoms with E-state index in [1.54, 1.807) is 0 Å². The first kappa shape index (κ1) is 21.0. The van der Waals surface area contributed by atoms with Gasteiger partial charge in [-0.25, -0.2) is 4.57 Å². The molecule has 0 N–H and O–H groups in total. The number of hydrogen-bond acceptors (Lipinski definition) is 1. The smallest absolute Gasteiger partial charge is 0.232 e. The summed E-state index contributed by atoms with van der Waals surface area (Å²) in [6.07, 6.45) is 4.43. The number of aryl methyl sites for hydroxylation is 2. The van der Waals surface area contributed by atoms with Crippen molar-refractivity contribution in [1.29, 1.82) is 0 Å². The van der Waals surface area contributed by atoms with Crippen molar-refractivity contribution in [3.8, 4) is 17.1 Å². The second-order valence-corrected chi connectivity index (χ2v) is 10.5. The molecule has 0 atom stereocenters. The van der Waals surface area contributed by atoms with E-state index in [0.29, 0.717) is 11.8 Å². The predicted molar refractivity (Wildman–Crippen MR) is 138 cm³/mol. The molecule has 0 saturated carbocycles. The Morgan fingerprint density at radius 1 is 0.875 bits per heavy atom. The van der Waals surface area contributed by atoms with Gasteiger partial charge in [-0.15, -0.1) is 11.3 Å². The molecule has 2 nitrogen and oxygen atoms in total. The first-order valence-corrected chi connectivity index (χ1v) is 12.3. The summed E-state index contributed by atoms with van der Waals surface area (Å²) in [4.78, 5) is 0. The molecule has 5 aromatic rings. The molecule has 2 aromatic heterocycles. The van der Waals surface area contributed by atoms with E-state index in [-0.39, 0.29) is 0 Å². The van der Waals surface area contributed by atoms with Gasteiger partial charge in [0, 0.05) is 31.3 Å². The van der Waals surface area contributed by atoms with Crippen LogP contribution in [-0.4, -0.2) is 4.57 Å². The molecule has 0 aliphatic heterocycles. The van der Waals surface area contributed by atoms with Crippen molar-refractivity contribution in [1.82, 2.24) is 4.57 Å². The summed E-state index contributed by atoms with van der Waals surface area (Å²) in [5.41, 5.74) is 6.80. The first-order chi connectivity index (χ1) is 15.4. The van der Waals surface area contributed by atoms with Crippen LogP contribution in [0, 0.1) is 6.92 Å². The topological polar surface area (TPSA) is 8.81 Å². The maximum absolute atomic E-state index is 2.46. The van der Waals surface area contributed by atoms with Crippen molar-refractivity contribution in [3.63, 3.8) is 0 Å². The number of rotatable bonds is 4. The van der Waals surface area contributed by atoms with Crippen LogP contribution < -0.4 is 4.57 Å². The van der Waals surface area contributed by atoms with Gasteiger partial charge >= 0.3 is 0 Å². The van der Waals surface area contributed by atoms with Crippen LogP contribution in [0.4, 0.5) is 0 Å². The Morgan fingerprint density at radius 2 is 1.59 bits per heavy atom. The van der Waals surface area contributed by atoms with Gasteiger partial charge in [0.1, 0.15) is 18.1 Å². The van der Waals surface area contributed by atoms with Crippen molar-refractivity contribution >= 4 is 31.5 Å². The number of hydrogen-bond donors (Lipinski definition) is 0. The summed E-state index contributed by atoms with van der Waals surface area (Å²) >= 11 is 1.94. The molecule has 3 aromatic carbocycles. The van der Waals surface area contributed by atoms with E-state index in [0.717, 1.165) is 0 Å². The Labute approximate surface area is 194 Å². The molecule has 0 amide bonds. The molecule has 0 unspecified atom stereocenters. The van der Waals surface area contributed by atoms with Crippen LogP contribution in [0.1, 0.15) is 56.2 Å². The van der Waals surface area contributed by atoms with Gasteiger partial charge in [-0.3, -0.25) is 0 Å². The Hall–Kier alpha value is -2.91. The average Bonchev–Trinajstić information content (AvgIpc) is 3.32. The van der Waals surface area contributed by atoms with Gasteiger partial charge in [-0.1, -0.05) is 64.1 Å². The van der Waals surface area contributed by atoms with Crippen LogP contribution in [-0.2, 0) is 7.05 Å². The quantitative estimate of drug-likeness (QED) is 0.252. The maximum Gasteiger partial charge on any atom is 0.294 e. The zero-order chi connectivity index (χ0) is 22.6. The zero-order valence-electron chi connectivity index (χ0n) is 19.8. The van der Waals surface area contributed by atoms with Gasteiger partial charge in [-0.05, 0) is 42.5 Å². The minimum absolute atomic E-state index is 0.414. The van der Waals surface area contributed by atoms with Gasteiger partial charge in [0.15, 0.2) is 0 Å². The summed E-state index contributed by atoms with van der Waals surface area (Å²) in [7, 11) is 2.15. The predicted octanol–water partition coefficient (Wildman–Crippen LogP) is 7.89. The number of aromatic nitrogens is 2. The van der Waals surface area contributed by atoms with Gasteiger partial charge in [0.05, 0.1) is 12.6 Å². The van der Waals surface area contributed by atoms with E-state index in [9.17, 15) is 0 Å². The lowest BCUT2D eigenvalue weighted by atomic mass is 9.90. The molecule has 2 heterocycles. The Morgan fingerprint density at radius 3 is 2.31 bits per heavy atom. The third-order valence-electron chi connectivity index (χ3n) is 6.53. The highest BCUT2D eigenvalue weighted by Gasteiger charge is 2.29. The molecule has 0 aliphatic rings. The van der Waals surface area contributed by atoms with E-state index in [2.05, 4.69) is 118 Å². The number of fused-ring (bicyclic) bond motifs is 3. The van der Waals surface area contributed by atoms with Crippen LogP contribution in [0.25, 0.3) is 37.2 Å². The van der Waals surface area contributed by atoms with E-state index >= 15 is 0 Å². The molecule has 3 heteroatoms. The summed E-state index contributed by atoms with van der Waals surface area (Å²) in [6.45, 7) is 11.5. The SMILES string of the molecule is Cc1ccccc1-c1n(-c2c(C(C)C)cc3c(sc4ccccc43)c2C(C)C)cc[n+]1C. The highest BCUT2D eigenvalue weighted by molar-refractivity contribution is 7.26. The minimum Gasteiger partial charge on any atom is -0.232 e. The molecule has 0 aliphatic carbocycles. The van der Waals surface area contributed by atoms with E-state index < -0.39 is 0 Å². The summed E-state index contributed by atoms with van der Waals surface area (Å²) < 4.78 is 7.49. The monoisotopic (exact) mass is 439 g/mol. The number of nitrogens with zero attached hydrogens (tertiary/aromatic N) is 2. The molecule has 0 saturated heterocycles. The van der Waals surface area contributed by atoms with Crippen molar-refractivity contribution in [2.75, 3.05) is 0 Å². The molecule has 5 rings (SSSR count). The highest BCUT2D eigenvalue weighted by atomic mass is 32.1. The van der Waals surface area contributed by atoms with Gasteiger partial charge in [-0.2, -0.15) is 4.57 Å². The van der Waals surface area contributed by atoms with Gasteiger partial charge in [0.2, 0.25) is 0 Å². The van der Waals surface area contributed by atoms with Crippen molar-refractivity contribution in [2.24, 2.45) is 7.05 Å². The molecular weight excluding hydrogens is 408 g/mol. The molecule has 0 fully saturated rings. The normalized spacial score (nSPS) is 12.0. The first-order valence-electron chi connectivity index (χ1n) is 11.5. The summed E-state index contributed by atoms with van der Waals surface area (Å²) in [5, 5.41) is 2.77. The Balaban J connectivity index is 1.94. The van der Waals surface area contributed by atoms with E-state index in [4.69, 9.17) is 0 Å². The van der Waals surface area contributed by atoms with Crippen molar-refractivity contribution < 1.29 is 4.57 Å². The average molecular weight is 440 g/mol. The second-order valence-electron chi connectivity index (χ2n) is 9.43. The number of imidazole rings is 1. The fraction of sp³-hybridized carbons (Fsp3) is 0.276. The zero-order valence-corrected chi connectivity index (χ0v) is 20.6. The van der Waals surface area contributed by atoms with E-state index in [1.807, 2.05) is 11.3 Å². The fourth-order valence-electron chi connectivity index (χ4n) is 4.94. The number of benzene rings is 3.